The highest BCUT2D eigenvalue weighted by Crippen LogP contribution is 2.31. The maximum absolute atomic E-state index is 12.5. The van der Waals surface area contributed by atoms with Gasteiger partial charge in [0.25, 0.3) is 5.91 Å². The Morgan fingerprint density at radius 2 is 2.17 bits per heavy atom. The van der Waals surface area contributed by atoms with Gasteiger partial charge in [0.1, 0.15) is 5.82 Å². The van der Waals surface area contributed by atoms with Crippen LogP contribution in [-0.2, 0) is 11.3 Å². The van der Waals surface area contributed by atoms with E-state index in [9.17, 15) is 4.79 Å². The highest BCUT2D eigenvalue weighted by atomic mass is 16.5. The molecule has 2 aliphatic rings. The lowest BCUT2D eigenvalue weighted by molar-refractivity contribution is 0.0663. The van der Waals surface area contributed by atoms with Gasteiger partial charge in [-0.1, -0.05) is 0 Å². The van der Waals surface area contributed by atoms with E-state index in [0.29, 0.717) is 24.7 Å². The number of hydrogen-bond acceptors (Lipinski definition) is 6. The average molecular weight is 317 g/mol. The molecule has 4 heterocycles. The molecule has 0 unspecified atom stereocenters. The molecule has 0 aromatic carbocycles. The van der Waals surface area contributed by atoms with E-state index in [1.807, 2.05) is 0 Å². The molecule has 9 heteroatoms. The van der Waals surface area contributed by atoms with Crippen LogP contribution in [0.25, 0.3) is 0 Å². The zero-order valence-corrected chi connectivity index (χ0v) is 13.0. The van der Waals surface area contributed by atoms with Crippen LogP contribution in [0, 0.1) is 0 Å². The highest BCUT2D eigenvalue weighted by Gasteiger charge is 2.33. The summed E-state index contributed by atoms with van der Waals surface area (Å²) in [6.07, 6.45) is 3.40. The molecule has 9 nitrogen and oxygen atoms in total. The van der Waals surface area contributed by atoms with E-state index in [4.69, 9.17) is 4.74 Å². The van der Waals surface area contributed by atoms with E-state index >= 15 is 0 Å². The first-order valence-electron chi connectivity index (χ1n) is 7.90. The van der Waals surface area contributed by atoms with Gasteiger partial charge in [0.15, 0.2) is 11.5 Å². The fourth-order valence-corrected chi connectivity index (χ4v) is 3.42. The molecule has 0 radical (unpaired) electrons. The molecular weight excluding hydrogens is 298 g/mol. The molecular formula is C14H19N7O2. The summed E-state index contributed by atoms with van der Waals surface area (Å²) in [4.78, 5) is 14.2. The van der Waals surface area contributed by atoms with E-state index < -0.39 is 0 Å². The number of carbonyl (C=O) groups excluding carboxylic acids is 1. The molecule has 2 aromatic rings. The van der Waals surface area contributed by atoms with Crippen molar-refractivity contribution in [3.63, 3.8) is 0 Å². The number of ether oxygens (including phenoxy) is 1. The van der Waals surface area contributed by atoms with Crippen LogP contribution in [0.5, 0.6) is 0 Å². The summed E-state index contributed by atoms with van der Waals surface area (Å²) in [6.45, 7) is 4.72. The van der Waals surface area contributed by atoms with Gasteiger partial charge in [0.2, 0.25) is 0 Å². The Balaban J connectivity index is 1.58. The lowest BCUT2D eigenvalue weighted by atomic mass is 9.99. The number of aromatic nitrogens is 6. The minimum absolute atomic E-state index is 0.132. The van der Waals surface area contributed by atoms with Crippen LogP contribution >= 0.6 is 0 Å². The number of rotatable bonds is 2. The molecule has 0 aliphatic carbocycles. The van der Waals surface area contributed by atoms with E-state index in [1.165, 1.54) is 6.20 Å². The number of nitrogens with zero attached hydrogens (tertiary/aromatic N) is 6. The second-order valence-electron chi connectivity index (χ2n) is 6.12. The van der Waals surface area contributed by atoms with Crippen molar-refractivity contribution >= 4 is 5.91 Å². The Bertz CT molecular complexity index is 690. The van der Waals surface area contributed by atoms with Crippen molar-refractivity contribution in [2.24, 2.45) is 0 Å². The van der Waals surface area contributed by atoms with Gasteiger partial charge in [-0.25, -0.2) is 0 Å². The van der Waals surface area contributed by atoms with Gasteiger partial charge in [-0.05, 0) is 19.8 Å². The van der Waals surface area contributed by atoms with E-state index in [0.717, 1.165) is 37.7 Å². The van der Waals surface area contributed by atoms with Gasteiger partial charge in [-0.3, -0.25) is 4.79 Å². The van der Waals surface area contributed by atoms with Gasteiger partial charge < -0.3 is 14.2 Å². The van der Waals surface area contributed by atoms with Crippen molar-refractivity contribution in [1.29, 1.82) is 0 Å². The average Bonchev–Trinajstić information content (AvgIpc) is 3.24. The molecule has 1 N–H and O–H groups in total. The van der Waals surface area contributed by atoms with Crippen LogP contribution in [-0.4, -0.2) is 60.7 Å². The lowest BCUT2D eigenvalue weighted by Gasteiger charge is -2.33. The number of hydrogen-bond donors (Lipinski definition) is 1. The highest BCUT2D eigenvalue weighted by molar-refractivity contribution is 5.91. The monoisotopic (exact) mass is 317 g/mol. The van der Waals surface area contributed by atoms with Gasteiger partial charge in [0.05, 0.1) is 18.8 Å². The zero-order valence-electron chi connectivity index (χ0n) is 13.0. The Hall–Kier alpha value is -2.29. The van der Waals surface area contributed by atoms with Crippen LogP contribution < -0.4 is 0 Å². The Labute approximate surface area is 133 Å². The third-order valence-electron chi connectivity index (χ3n) is 4.56. The minimum atomic E-state index is -0.132. The van der Waals surface area contributed by atoms with Crippen molar-refractivity contribution in [3.05, 3.63) is 23.5 Å². The number of H-pyrrole nitrogens is 1. The van der Waals surface area contributed by atoms with Crippen LogP contribution in [0.15, 0.2) is 6.20 Å². The second-order valence-corrected chi connectivity index (χ2v) is 6.12. The summed E-state index contributed by atoms with van der Waals surface area (Å²) in [6, 6.07) is 0.141. The fourth-order valence-electron chi connectivity index (χ4n) is 3.42. The predicted octanol–water partition coefficient (Wildman–Crippen LogP) is 0.507. The number of fused-ring (bicyclic) bond motifs is 1. The Morgan fingerprint density at radius 1 is 1.35 bits per heavy atom. The van der Waals surface area contributed by atoms with Crippen LogP contribution in [0.2, 0.25) is 0 Å². The largest absolute Gasteiger partial charge is 0.381 e. The lowest BCUT2D eigenvalue weighted by Crippen LogP contribution is -2.41. The topological polar surface area (TPSA) is 102 Å². The standard InChI is InChI=1S/C14H19N7O2/c1-9-7-20(14(22)11-6-15-19-16-11)8-12-17-18-13(21(9)12)10-2-4-23-5-3-10/h6,9-10H,2-5,7-8H2,1H3,(H,15,16,19)/t9-/m0/s1. The van der Waals surface area contributed by atoms with Gasteiger partial charge >= 0.3 is 0 Å². The molecule has 2 aliphatic heterocycles. The van der Waals surface area contributed by atoms with Gasteiger partial charge in [-0.15, -0.1) is 10.2 Å². The summed E-state index contributed by atoms with van der Waals surface area (Å²) >= 11 is 0. The molecule has 1 fully saturated rings. The fraction of sp³-hybridized carbons (Fsp3) is 0.643. The summed E-state index contributed by atoms with van der Waals surface area (Å²) in [5.41, 5.74) is 0.329. The van der Waals surface area contributed by atoms with Crippen molar-refractivity contribution in [2.75, 3.05) is 19.8 Å². The Morgan fingerprint density at radius 3 is 2.91 bits per heavy atom. The first kappa shape index (κ1) is 14.3. The predicted molar refractivity (Wildman–Crippen MR) is 78.7 cm³/mol. The minimum Gasteiger partial charge on any atom is -0.381 e. The quantitative estimate of drug-likeness (QED) is 0.866. The summed E-state index contributed by atoms with van der Waals surface area (Å²) < 4.78 is 7.63. The van der Waals surface area contributed by atoms with Crippen LogP contribution in [0.3, 0.4) is 0 Å². The zero-order chi connectivity index (χ0) is 15.8. The first-order chi connectivity index (χ1) is 11.2. The van der Waals surface area contributed by atoms with Gasteiger partial charge in [0, 0.05) is 25.7 Å². The summed E-state index contributed by atoms with van der Waals surface area (Å²) in [5.74, 6) is 2.13. The van der Waals surface area contributed by atoms with Crippen LogP contribution in [0.1, 0.15) is 53.9 Å². The molecule has 0 spiro atoms. The molecule has 122 valence electrons. The molecule has 23 heavy (non-hydrogen) atoms. The van der Waals surface area contributed by atoms with Crippen molar-refractivity contribution < 1.29 is 9.53 Å². The molecule has 0 saturated carbocycles. The smallest absolute Gasteiger partial charge is 0.276 e. The number of carbonyl (C=O) groups is 1. The molecule has 1 atom stereocenters. The van der Waals surface area contributed by atoms with Crippen molar-refractivity contribution in [1.82, 2.24) is 35.1 Å². The molecule has 4 rings (SSSR count). The van der Waals surface area contributed by atoms with Crippen LogP contribution in [0.4, 0.5) is 0 Å². The molecule has 0 bridgehead atoms. The van der Waals surface area contributed by atoms with Crippen molar-refractivity contribution in [2.45, 2.75) is 38.3 Å². The molecule has 1 amide bonds. The van der Waals surface area contributed by atoms with Gasteiger partial charge in [-0.2, -0.15) is 15.4 Å². The Kier molecular flexibility index (Phi) is 3.56. The summed E-state index contributed by atoms with van der Waals surface area (Å²) in [5, 5.41) is 18.8. The number of nitrogens with one attached hydrogen (secondary N) is 1. The third-order valence-corrected chi connectivity index (χ3v) is 4.56. The molecule has 2 aromatic heterocycles. The number of amides is 1. The third kappa shape index (κ3) is 2.50. The molecule has 1 saturated heterocycles. The van der Waals surface area contributed by atoms with Crippen molar-refractivity contribution in [3.8, 4) is 0 Å². The maximum atomic E-state index is 12.5. The maximum Gasteiger partial charge on any atom is 0.276 e. The first-order valence-corrected chi connectivity index (χ1v) is 7.90. The van der Waals surface area contributed by atoms with E-state index in [-0.39, 0.29) is 11.9 Å². The van der Waals surface area contributed by atoms with E-state index in [1.54, 1.807) is 4.90 Å². The normalized spacial score (nSPS) is 22.1. The second kappa shape index (κ2) is 5.73. The SMILES string of the molecule is C[C@H]1CN(C(=O)c2cn[nH]n2)Cc2nnc(C3CCOCC3)n21. The summed E-state index contributed by atoms with van der Waals surface area (Å²) in [7, 11) is 0. The number of aromatic amines is 1. The van der Waals surface area contributed by atoms with E-state index in [2.05, 4.69) is 37.1 Å².